The maximum atomic E-state index is 12.8. The fourth-order valence-corrected chi connectivity index (χ4v) is 1.90. The van der Waals surface area contributed by atoms with Crippen molar-refractivity contribution in [1.29, 1.82) is 0 Å². The molecule has 0 aliphatic heterocycles. The molecule has 11 heavy (non-hydrogen) atoms. The Labute approximate surface area is 86.0 Å². The molecule has 1 rings (SSSR count). The normalized spacial score (nSPS) is 10.2. The van der Waals surface area contributed by atoms with Gasteiger partial charge in [0, 0.05) is 10.4 Å². The van der Waals surface area contributed by atoms with E-state index in [1.54, 1.807) is 6.07 Å². The van der Waals surface area contributed by atoms with Gasteiger partial charge in [-0.15, -0.1) is 11.6 Å². The lowest BCUT2D eigenvalue weighted by molar-refractivity contribution is 0.619. The SMILES string of the molecule is Fc1ccc(CCl)c(Br)c1Br. The van der Waals surface area contributed by atoms with Gasteiger partial charge in [-0.3, -0.25) is 0 Å². The average molecular weight is 302 g/mol. The number of alkyl halides is 1. The van der Waals surface area contributed by atoms with E-state index >= 15 is 0 Å². The molecule has 0 aromatic heterocycles. The van der Waals surface area contributed by atoms with E-state index in [1.165, 1.54) is 6.07 Å². The predicted molar refractivity (Wildman–Crippen MR) is 51.4 cm³/mol. The van der Waals surface area contributed by atoms with Gasteiger partial charge in [-0.05, 0) is 43.5 Å². The zero-order valence-electron chi connectivity index (χ0n) is 5.37. The van der Waals surface area contributed by atoms with Crippen molar-refractivity contribution < 1.29 is 4.39 Å². The van der Waals surface area contributed by atoms with Crippen LogP contribution in [-0.2, 0) is 5.88 Å². The van der Waals surface area contributed by atoms with Gasteiger partial charge < -0.3 is 0 Å². The van der Waals surface area contributed by atoms with Crippen LogP contribution in [0.4, 0.5) is 4.39 Å². The highest BCUT2D eigenvalue weighted by molar-refractivity contribution is 9.13. The topological polar surface area (TPSA) is 0 Å². The van der Waals surface area contributed by atoms with Crippen molar-refractivity contribution in [3.8, 4) is 0 Å². The van der Waals surface area contributed by atoms with Crippen molar-refractivity contribution in [1.82, 2.24) is 0 Å². The van der Waals surface area contributed by atoms with Gasteiger partial charge in [0.25, 0.3) is 0 Å². The summed E-state index contributed by atoms with van der Waals surface area (Å²) in [5.41, 5.74) is 0.875. The van der Waals surface area contributed by atoms with E-state index in [4.69, 9.17) is 11.6 Å². The minimum Gasteiger partial charge on any atom is -0.206 e. The monoisotopic (exact) mass is 300 g/mol. The third kappa shape index (κ3) is 1.95. The number of rotatable bonds is 1. The van der Waals surface area contributed by atoms with Gasteiger partial charge in [0.05, 0.1) is 4.47 Å². The summed E-state index contributed by atoms with van der Waals surface area (Å²) in [5, 5.41) is 0. The molecule has 0 fully saturated rings. The maximum Gasteiger partial charge on any atom is 0.138 e. The van der Waals surface area contributed by atoms with E-state index in [0.29, 0.717) is 14.8 Å². The summed E-state index contributed by atoms with van der Waals surface area (Å²) in [6, 6.07) is 3.03. The Bertz CT molecular complexity index is 275. The largest absolute Gasteiger partial charge is 0.206 e. The second-order valence-corrected chi connectivity index (χ2v) is 3.82. The van der Waals surface area contributed by atoms with Crippen molar-refractivity contribution in [2.45, 2.75) is 5.88 Å². The van der Waals surface area contributed by atoms with Crippen LogP contribution >= 0.6 is 43.5 Å². The molecule has 0 spiro atoms. The third-order valence-electron chi connectivity index (χ3n) is 1.26. The Hall–Kier alpha value is 0.400. The molecular formula is C7H4Br2ClF. The molecule has 0 unspecified atom stereocenters. The van der Waals surface area contributed by atoms with Gasteiger partial charge in [0.15, 0.2) is 0 Å². The number of hydrogen-bond donors (Lipinski definition) is 0. The van der Waals surface area contributed by atoms with Gasteiger partial charge in [-0.2, -0.15) is 0 Å². The second kappa shape index (κ2) is 3.87. The molecule has 0 aliphatic rings. The Morgan fingerprint density at radius 3 is 2.45 bits per heavy atom. The first kappa shape index (κ1) is 9.49. The standard InChI is InChI=1S/C7H4Br2ClF/c8-6-4(3-10)1-2-5(11)7(6)9/h1-2H,3H2. The van der Waals surface area contributed by atoms with Crippen LogP contribution in [0, 0.1) is 5.82 Å². The van der Waals surface area contributed by atoms with Crippen molar-refractivity contribution in [3.05, 3.63) is 32.5 Å². The van der Waals surface area contributed by atoms with Crippen LogP contribution in [0.5, 0.6) is 0 Å². The van der Waals surface area contributed by atoms with Crippen LogP contribution in [0.25, 0.3) is 0 Å². The lowest BCUT2D eigenvalue weighted by Gasteiger charge is -2.02. The van der Waals surface area contributed by atoms with Crippen molar-refractivity contribution in [3.63, 3.8) is 0 Å². The van der Waals surface area contributed by atoms with E-state index in [-0.39, 0.29) is 5.82 Å². The summed E-state index contributed by atoms with van der Waals surface area (Å²) in [6.07, 6.45) is 0. The molecule has 0 radical (unpaired) electrons. The highest BCUT2D eigenvalue weighted by Crippen LogP contribution is 2.30. The molecule has 0 aliphatic carbocycles. The van der Waals surface area contributed by atoms with E-state index in [0.717, 1.165) is 5.56 Å². The first-order valence-corrected chi connectivity index (χ1v) is 4.97. The van der Waals surface area contributed by atoms with Crippen molar-refractivity contribution in [2.75, 3.05) is 0 Å². The number of hydrogen-bond acceptors (Lipinski definition) is 0. The highest BCUT2D eigenvalue weighted by Gasteiger charge is 2.06. The zero-order chi connectivity index (χ0) is 8.43. The van der Waals surface area contributed by atoms with Gasteiger partial charge in [0.2, 0.25) is 0 Å². The molecule has 0 amide bonds. The Morgan fingerprint density at radius 1 is 1.27 bits per heavy atom. The van der Waals surface area contributed by atoms with Gasteiger partial charge in [0.1, 0.15) is 5.82 Å². The van der Waals surface area contributed by atoms with Crippen LogP contribution in [0.1, 0.15) is 5.56 Å². The fraction of sp³-hybridized carbons (Fsp3) is 0.143. The van der Waals surface area contributed by atoms with E-state index in [2.05, 4.69) is 31.9 Å². The summed E-state index contributed by atoms with van der Waals surface area (Å²) < 4.78 is 13.9. The average Bonchev–Trinajstić information content (AvgIpc) is 2.01. The summed E-state index contributed by atoms with van der Waals surface area (Å²) in [7, 11) is 0. The van der Waals surface area contributed by atoms with Crippen molar-refractivity contribution >= 4 is 43.5 Å². The number of benzene rings is 1. The summed E-state index contributed by atoms with van der Waals surface area (Å²) in [6.45, 7) is 0. The van der Waals surface area contributed by atoms with Gasteiger partial charge in [-0.25, -0.2) is 4.39 Å². The van der Waals surface area contributed by atoms with Gasteiger partial charge >= 0.3 is 0 Å². The smallest absolute Gasteiger partial charge is 0.138 e. The quantitative estimate of drug-likeness (QED) is 0.541. The van der Waals surface area contributed by atoms with Crippen molar-refractivity contribution in [2.24, 2.45) is 0 Å². The Kier molecular flexibility index (Phi) is 3.34. The molecule has 0 saturated heterocycles. The Morgan fingerprint density at radius 2 is 1.91 bits per heavy atom. The minimum atomic E-state index is -0.286. The highest BCUT2D eigenvalue weighted by atomic mass is 79.9. The Balaban J connectivity index is 3.25. The zero-order valence-corrected chi connectivity index (χ0v) is 9.30. The second-order valence-electron chi connectivity index (χ2n) is 1.97. The molecular weight excluding hydrogens is 298 g/mol. The third-order valence-corrected chi connectivity index (χ3v) is 3.76. The van der Waals surface area contributed by atoms with E-state index in [1.807, 2.05) is 0 Å². The molecule has 0 saturated carbocycles. The minimum absolute atomic E-state index is 0.286. The molecule has 0 N–H and O–H groups in total. The molecule has 1 aromatic rings. The molecule has 1 aromatic carbocycles. The van der Waals surface area contributed by atoms with Crippen LogP contribution in [-0.4, -0.2) is 0 Å². The molecule has 0 bridgehead atoms. The summed E-state index contributed by atoms with van der Waals surface area (Å²) in [5.74, 6) is 0.0881. The first-order valence-electron chi connectivity index (χ1n) is 2.85. The van der Waals surface area contributed by atoms with Gasteiger partial charge in [-0.1, -0.05) is 6.07 Å². The summed E-state index contributed by atoms with van der Waals surface area (Å²) in [4.78, 5) is 0. The lowest BCUT2D eigenvalue weighted by Crippen LogP contribution is -1.85. The summed E-state index contributed by atoms with van der Waals surface area (Å²) >= 11 is 11.9. The van der Waals surface area contributed by atoms with Crippen LogP contribution in [0.15, 0.2) is 21.1 Å². The van der Waals surface area contributed by atoms with Crippen LogP contribution in [0.2, 0.25) is 0 Å². The molecule has 4 heteroatoms. The fourth-order valence-electron chi connectivity index (χ4n) is 0.669. The van der Waals surface area contributed by atoms with Crippen LogP contribution < -0.4 is 0 Å². The molecule has 0 heterocycles. The molecule has 0 atom stereocenters. The molecule has 60 valence electrons. The first-order chi connectivity index (χ1) is 5.16. The molecule has 0 nitrogen and oxygen atoms in total. The van der Waals surface area contributed by atoms with E-state index in [9.17, 15) is 4.39 Å². The predicted octanol–water partition coefficient (Wildman–Crippen LogP) is 4.09. The lowest BCUT2D eigenvalue weighted by atomic mass is 10.2. The van der Waals surface area contributed by atoms with Crippen LogP contribution in [0.3, 0.4) is 0 Å². The maximum absolute atomic E-state index is 12.8. The number of halogens is 4. The van der Waals surface area contributed by atoms with E-state index < -0.39 is 0 Å².